The molecule has 0 spiro atoms. The van der Waals surface area contributed by atoms with E-state index in [9.17, 15) is 4.79 Å². The molecular weight excluding hydrogens is 344 g/mol. The summed E-state index contributed by atoms with van der Waals surface area (Å²) in [5.41, 5.74) is 3.07. The second-order valence-electron chi connectivity index (χ2n) is 7.27. The van der Waals surface area contributed by atoms with Crippen LogP contribution < -0.4 is 5.32 Å². The fourth-order valence-electron chi connectivity index (χ4n) is 3.62. The average molecular weight is 373 g/mol. The van der Waals surface area contributed by atoms with Crippen molar-refractivity contribution in [2.24, 2.45) is 13.0 Å². The number of hydrogen-bond acceptors (Lipinski definition) is 4. The van der Waals surface area contributed by atoms with Crippen LogP contribution in [0.25, 0.3) is 0 Å². The highest BCUT2D eigenvalue weighted by Gasteiger charge is 2.18. The number of para-hydroxylation sites is 1. The zero-order chi connectivity index (χ0) is 18.5. The summed E-state index contributed by atoms with van der Waals surface area (Å²) >= 11 is 1.45. The maximum atomic E-state index is 12.3. The van der Waals surface area contributed by atoms with Gasteiger partial charge in [0.05, 0.1) is 5.75 Å². The topological polar surface area (TPSA) is 59.8 Å². The Hall–Kier alpha value is -1.82. The van der Waals surface area contributed by atoms with Crippen LogP contribution in [0.15, 0.2) is 23.4 Å². The second-order valence-corrected chi connectivity index (χ2v) is 8.21. The van der Waals surface area contributed by atoms with Crippen LogP contribution >= 0.6 is 11.8 Å². The van der Waals surface area contributed by atoms with Crippen molar-refractivity contribution in [3.05, 3.63) is 35.2 Å². The zero-order valence-electron chi connectivity index (χ0n) is 15.9. The number of anilines is 1. The molecule has 1 N–H and O–H groups in total. The Morgan fingerprint density at radius 2 is 1.88 bits per heavy atom. The lowest BCUT2D eigenvalue weighted by Crippen LogP contribution is -2.16. The smallest absolute Gasteiger partial charge is 0.234 e. The minimum Gasteiger partial charge on any atom is -0.325 e. The van der Waals surface area contributed by atoms with Crippen molar-refractivity contribution in [1.29, 1.82) is 0 Å². The zero-order valence-corrected chi connectivity index (χ0v) is 16.7. The molecular formula is C20H28N4OS. The first kappa shape index (κ1) is 19.0. The van der Waals surface area contributed by atoms with Gasteiger partial charge in [-0.3, -0.25) is 4.79 Å². The van der Waals surface area contributed by atoms with E-state index in [4.69, 9.17) is 0 Å². The Kier molecular flexibility index (Phi) is 6.35. The van der Waals surface area contributed by atoms with Crippen LogP contribution in [0, 0.1) is 19.8 Å². The van der Waals surface area contributed by atoms with Gasteiger partial charge >= 0.3 is 0 Å². The van der Waals surface area contributed by atoms with Crippen LogP contribution in [0.4, 0.5) is 5.69 Å². The molecule has 26 heavy (non-hydrogen) atoms. The molecule has 0 unspecified atom stereocenters. The van der Waals surface area contributed by atoms with Gasteiger partial charge < -0.3 is 9.88 Å². The van der Waals surface area contributed by atoms with Crippen LogP contribution in [0.5, 0.6) is 0 Å². The number of nitrogens with one attached hydrogen (secondary N) is 1. The van der Waals surface area contributed by atoms with Gasteiger partial charge in [0.2, 0.25) is 5.91 Å². The number of nitrogens with zero attached hydrogens (tertiary/aromatic N) is 3. The van der Waals surface area contributed by atoms with E-state index in [2.05, 4.69) is 15.5 Å². The van der Waals surface area contributed by atoms with E-state index in [1.165, 1.54) is 43.9 Å². The normalized spacial score (nSPS) is 15.2. The molecule has 0 aliphatic heterocycles. The fourth-order valence-corrected chi connectivity index (χ4v) is 4.35. The van der Waals surface area contributed by atoms with E-state index in [1.54, 1.807) is 0 Å². The molecule has 1 aromatic carbocycles. The highest BCUT2D eigenvalue weighted by atomic mass is 32.2. The number of carbonyl (C=O) groups is 1. The Labute approximate surface area is 160 Å². The summed E-state index contributed by atoms with van der Waals surface area (Å²) < 4.78 is 2.05. The molecule has 0 bridgehead atoms. The van der Waals surface area contributed by atoms with Crippen LogP contribution in [0.1, 0.15) is 49.1 Å². The van der Waals surface area contributed by atoms with Gasteiger partial charge in [0.25, 0.3) is 0 Å². The number of thioether (sulfide) groups is 1. The van der Waals surface area contributed by atoms with Gasteiger partial charge in [-0.05, 0) is 30.9 Å². The highest BCUT2D eigenvalue weighted by molar-refractivity contribution is 7.99. The van der Waals surface area contributed by atoms with Crippen molar-refractivity contribution >= 4 is 23.4 Å². The minimum absolute atomic E-state index is 0.00997. The van der Waals surface area contributed by atoms with E-state index in [-0.39, 0.29) is 5.91 Å². The first-order valence-electron chi connectivity index (χ1n) is 9.41. The van der Waals surface area contributed by atoms with Crippen molar-refractivity contribution < 1.29 is 4.79 Å². The molecule has 1 amide bonds. The summed E-state index contributed by atoms with van der Waals surface area (Å²) in [7, 11) is 2.00. The molecule has 1 aliphatic carbocycles. The molecule has 1 aliphatic rings. The van der Waals surface area contributed by atoms with E-state index in [0.29, 0.717) is 5.75 Å². The molecule has 2 aromatic rings. The third-order valence-electron chi connectivity index (χ3n) is 5.20. The molecule has 0 radical (unpaired) electrons. The highest BCUT2D eigenvalue weighted by Crippen LogP contribution is 2.27. The van der Waals surface area contributed by atoms with Crippen molar-refractivity contribution in [2.75, 3.05) is 11.1 Å². The molecule has 3 rings (SSSR count). The summed E-state index contributed by atoms with van der Waals surface area (Å²) in [6.45, 7) is 4.02. The number of aryl methyl sites for hydroxylation is 2. The van der Waals surface area contributed by atoms with E-state index in [0.717, 1.165) is 40.1 Å². The largest absolute Gasteiger partial charge is 0.325 e. The Morgan fingerprint density at radius 1 is 1.19 bits per heavy atom. The molecule has 1 heterocycles. The monoisotopic (exact) mass is 372 g/mol. The van der Waals surface area contributed by atoms with E-state index < -0.39 is 0 Å². The Morgan fingerprint density at radius 3 is 2.58 bits per heavy atom. The summed E-state index contributed by atoms with van der Waals surface area (Å²) in [6.07, 6.45) is 7.64. The first-order valence-corrected chi connectivity index (χ1v) is 10.4. The van der Waals surface area contributed by atoms with Crippen LogP contribution in [0.3, 0.4) is 0 Å². The van der Waals surface area contributed by atoms with Gasteiger partial charge in [-0.2, -0.15) is 0 Å². The first-order chi connectivity index (χ1) is 12.5. The molecule has 5 nitrogen and oxygen atoms in total. The van der Waals surface area contributed by atoms with E-state index >= 15 is 0 Å². The van der Waals surface area contributed by atoms with Crippen LogP contribution in [-0.2, 0) is 18.3 Å². The summed E-state index contributed by atoms with van der Waals surface area (Å²) in [4.78, 5) is 12.3. The standard InChI is InChI=1S/C20H28N4OS/c1-14-8-7-9-15(2)19(14)21-18(25)13-26-20-23-22-17(24(20)3)12-16-10-5-4-6-11-16/h7-9,16H,4-6,10-13H2,1-3H3,(H,21,25). The summed E-state index contributed by atoms with van der Waals surface area (Å²) in [5.74, 6) is 2.10. The predicted octanol–water partition coefficient (Wildman–Crippen LogP) is 4.29. The predicted molar refractivity (Wildman–Crippen MR) is 107 cm³/mol. The van der Waals surface area contributed by atoms with Gasteiger partial charge in [-0.1, -0.05) is 62.1 Å². The van der Waals surface area contributed by atoms with Crippen LogP contribution in [-0.4, -0.2) is 26.4 Å². The number of aromatic nitrogens is 3. The SMILES string of the molecule is Cc1cccc(C)c1NC(=O)CSc1nnc(CC2CCCCC2)n1C. The third-order valence-corrected chi connectivity index (χ3v) is 6.22. The maximum absolute atomic E-state index is 12.3. The number of amides is 1. The molecule has 0 atom stereocenters. The van der Waals surface area contributed by atoms with Crippen molar-refractivity contribution in [1.82, 2.24) is 14.8 Å². The van der Waals surface area contributed by atoms with Gasteiger partial charge in [0.1, 0.15) is 5.82 Å². The third kappa shape index (κ3) is 4.67. The average Bonchev–Trinajstić information content (AvgIpc) is 2.97. The lowest BCUT2D eigenvalue weighted by molar-refractivity contribution is -0.113. The lowest BCUT2D eigenvalue weighted by Gasteiger charge is -2.20. The van der Waals surface area contributed by atoms with Gasteiger partial charge in [-0.15, -0.1) is 10.2 Å². The molecule has 1 aromatic heterocycles. The molecule has 1 fully saturated rings. The van der Waals surface area contributed by atoms with Crippen molar-refractivity contribution in [3.8, 4) is 0 Å². The fraction of sp³-hybridized carbons (Fsp3) is 0.550. The minimum atomic E-state index is -0.00997. The maximum Gasteiger partial charge on any atom is 0.234 e. The number of carbonyl (C=O) groups excluding carboxylic acids is 1. The Bertz CT molecular complexity index is 745. The van der Waals surface area contributed by atoms with Crippen molar-refractivity contribution in [2.45, 2.75) is 57.5 Å². The quantitative estimate of drug-likeness (QED) is 0.769. The summed E-state index contributed by atoms with van der Waals surface area (Å²) in [5, 5.41) is 12.5. The summed E-state index contributed by atoms with van der Waals surface area (Å²) in [6, 6.07) is 6.02. The van der Waals surface area contributed by atoms with Gasteiger partial charge in [0, 0.05) is 19.2 Å². The van der Waals surface area contributed by atoms with Gasteiger partial charge in [0.15, 0.2) is 5.16 Å². The molecule has 0 saturated heterocycles. The molecule has 1 saturated carbocycles. The van der Waals surface area contributed by atoms with Crippen LogP contribution in [0.2, 0.25) is 0 Å². The number of rotatable bonds is 6. The van der Waals surface area contributed by atoms with Gasteiger partial charge in [-0.25, -0.2) is 0 Å². The Balaban J connectivity index is 1.55. The second kappa shape index (κ2) is 8.71. The molecule has 140 valence electrons. The van der Waals surface area contributed by atoms with Crippen molar-refractivity contribution in [3.63, 3.8) is 0 Å². The number of hydrogen-bond donors (Lipinski definition) is 1. The van der Waals surface area contributed by atoms with E-state index in [1.807, 2.05) is 43.7 Å². The molecule has 6 heteroatoms. The number of benzene rings is 1. The lowest BCUT2D eigenvalue weighted by atomic mass is 9.87.